The van der Waals surface area contributed by atoms with Gasteiger partial charge in [-0.2, -0.15) is 4.98 Å². The van der Waals surface area contributed by atoms with Crippen molar-refractivity contribution >= 4 is 15.6 Å². The highest BCUT2D eigenvalue weighted by Crippen LogP contribution is 2.04. The van der Waals surface area contributed by atoms with Crippen molar-refractivity contribution in [3.05, 3.63) is 18.1 Å². The predicted molar refractivity (Wildman–Crippen MR) is 56.6 cm³/mol. The highest BCUT2D eigenvalue weighted by Gasteiger charge is 2.15. The van der Waals surface area contributed by atoms with Gasteiger partial charge in [0.05, 0.1) is 5.75 Å². The van der Waals surface area contributed by atoms with Gasteiger partial charge in [0.25, 0.3) is 5.89 Å². The standard InChI is InChI=1S/C9H13N2O4S/c1-3-8-10-9(15-11-8)7(12)5-4-6-16(2,13)14/h5H,3-4,6H2,1-2H3. The number of aryl methyl sites for hydroxylation is 1. The molecule has 0 fully saturated rings. The molecule has 0 unspecified atom stereocenters. The number of carbonyl (C=O) groups excluding carboxylic acids is 1. The van der Waals surface area contributed by atoms with Gasteiger partial charge >= 0.3 is 0 Å². The Morgan fingerprint density at radius 3 is 2.69 bits per heavy atom. The lowest BCUT2D eigenvalue weighted by Gasteiger charge is -1.95. The van der Waals surface area contributed by atoms with Crippen molar-refractivity contribution in [2.45, 2.75) is 19.8 Å². The van der Waals surface area contributed by atoms with Crippen LogP contribution in [0.5, 0.6) is 0 Å². The van der Waals surface area contributed by atoms with Crippen molar-refractivity contribution in [2.24, 2.45) is 0 Å². The van der Waals surface area contributed by atoms with Crippen molar-refractivity contribution in [1.82, 2.24) is 10.1 Å². The molecule has 0 amide bonds. The summed E-state index contributed by atoms with van der Waals surface area (Å²) in [6.45, 7) is 1.84. The summed E-state index contributed by atoms with van der Waals surface area (Å²) in [5, 5.41) is 3.57. The lowest BCUT2D eigenvalue weighted by Crippen LogP contribution is -2.07. The molecular weight excluding hydrogens is 232 g/mol. The molecule has 0 saturated carbocycles. The minimum Gasteiger partial charge on any atom is -0.331 e. The third-order valence-electron chi connectivity index (χ3n) is 1.81. The van der Waals surface area contributed by atoms with E-state index < -0.39 is 15.6 Å². The molecule has 89 valence electrons. The zero-order valence-corrected chi connectivity index (χ0v) is 9.95. The number of hydrogen-bond donors (Lipinski definition) is 0. The molecule has 1 heterocycles. The molecule has 0 aliphatic rings. The smallest absolute Gasteiger partial charge is 0.294 e. The number of Topliss-reactive ketones (excluding diaryl/α,β-unsaturated/α-hetero) is 1. The molecule has 1 aromatic heterocycles. The molecule has 7 heteroatoms. The second-order valence-electron chi connectivity index (χ2n) is 3.36. The second-order valence-corrected chi connectivity index (χ2v) is 5.62. The second kappa shape index (κ2) is 5.20. The molecule has 0 N–H and O–H groups in total. The van der Waals surface area contributed by atoms with Gasteiger partial charge in [0.2, 0.25) is 5.78 Å². The first-order valence-corrected chi connectivity index (χ1v) is 6.86. The third-order valence-corrected chi connectivity index (χ3v) is 2.79. The maximum atomic E-state index is 11.4. The summed E-state index contributed by atoms with van der Waals surface area (Å²) in [5.74, 6) is -0.130. The summed E-state index contributed by atoms with van der Waals surface area (Å²) in [6.07, 6.45) is 3.10. The van der Waals surface area contributed by atoms with E-state index in [0.717, 1.165) is 6.26 Å². The molecule has 0 saturated heterocycles. The molecule has 0 spiro atoms. The van der Waals surface area contributed by atoms with Crippen LogP contribution in [0.2, 0.25) is 0 Å². The van der Waals surface area contributed by atoms with Gasteiger partial charge in [-0.3, -0.25) is 4.79 Å². The van der Waals surface area contributed by atoms with Crippen LogP contribution in [0, 0.1) is 6.42 Å². The Labute approximate surface area is 94.0 Å². The first kappa shape index (κ1) is 12.8. The number of aromatic nitrogens is 2. The van der Waals surface area contributed by atoms with E-state index in [9.17, 15) is 13.2 Å². The zero-order chi connectivity index (χ0) is 12.2. The molecule has 0 aromatic carbocycles. The predicted octanol–water partition coefficient (Wildman–Crippen LogP) is 0.454. The fraction of sp³-hybridized carbons (Fsp3) is 0.556. The van der Waals surface area contributed by atoms with E-state index in [-0.39, 0.29) is 18.1 Å². The quantitative estimate of drug-likeness (QED) is 0.676. The van der Waals surface area contributed by atoms with Crippen LogP contribution in [0.1, 0.15) is 29.9 Å². The Morgan fingerprint density at radius 1 is 1.50 bits per heavy atom. The van der Waals surface area contributed by atoms with E-state index in [2.05, 4.69) is 10.1 Å². The normalized spacial score (nSPS) is 11.6. The first-order valence-electron chi connectivity index (χ1n) is 4.80. The number of sulfone groups is 1. The average Bonchev–Trinajstić information content (AvgIpc) is 2.63. The summed E-state index contributed by atoms with van der Waals surface area (Å²) in [6, 6.07) is 0. The van der Waals surface area contributed by atoms with Gasteiger partial charge in [0, 0.05) is 19.1 Å². The summed E-state index contributed by atoms with van der Waals surface area (Å²) in [7, 11) is -3.05. The number of ketones is 1. The largest absolute Gasteiger partial charge is 0.331 e. The van der Waals surface area contributed by atoms with Crippen LogP contribution in [0.3, 0.4) is 0 Å². The summed E-state index contributed by atoms with van der Waals surface area (Å²) in [5.41, 5.74) is 0. The maximum absolute atomic E-state index is 11.4. The van der Waals surface area contributed by atoms with Gasteiger partial charge in [0.1, 0.15) is 9.84 Å². The number of carbonyl (C=O) groups is 1. The topological polar surface area (TPSA) is 90.1 Å². The Bertz CT molecular complexity index is 464. The Kier molecular flexibility index (Phi) is 4.17. The van der Waals surface area contributed by atoms with Gasteiger partial charge < -0.3 is 4.52 Å². The molecule has 16 heavy (non-hydrogen) atoms. The van der Waals surface area contributed by atoms with E-state index in [4.69, 9.17) is 4.52 Å². The van der Waals surface area contributed by atoms with Crippen molar-refractivity contribution in [3.63, 3.8) is 0 Å². The van der Waals surface area contributed by atoms with E-state index in [1.807, 2.05) is 6.92 Å². The number of rotatable bonds is 6. The van der Waals surface area contributed by atoms with Crippen LogP contribution in [-0.4, -0.2) is 36.4 Å². The molecular formula is C9H13N2O4S. The highest BCUT2D eigenvalue weighted by molar-refractivity contribution is 7.90. The maximum Gasteiger partial charge on any atom is 0.294 e. The molecule has 1 rings (SSSR count). The number of nitrogens with zero attached hydrogens (tertiary/aromatic N) is 2. The summed E-state index contributed by atoms with van der Waals surface area (Å²) in [4.78, 5) is 15.2. The number of hydrogen-bond acceptors (Lipinski definition) is 6. The molecule has 0 aliphatic carbocycles. The van der Waals surface area contributed by atoms with Gasteiger partial charge in [0.15, 0.2) is 5.82 Å². The Morgan fingerprint density at radius 2 is 2.19 bits per heavy atom. The molecule has 0 bridgehead atoms. The van der Waals surface area contributed by atoms with E-state index in [1.54, 1.807) is 0 Å². The molecule has 0 atom stereocenters. The van der Waals surface area contributed by atoms with E-state index in [1.165, 1.54) is 6.42 Å². The average molecular weight is 245 g/mol. The summed E-state index contributed by atoms with van der Waals surface area (Å²) < 4.78 is 26.3. The Hall–Kier alpha value is -1.24. The minimum absolute atomic E-state index is 0.0620. The van der Waals surface area contributed by atoms with Crippen molar-refractivity contribution < 1.29 is 17.7 Å². The van der Waals surface area contributed by atoms with Crippen molar-refractivity contribution in [3.8, 4) is 0 Å². The summed E-state index contributed by atoms with van der Waals surface area (Å²) >= 11 is 0. The van der Waals surface area contributed by atoms with E-state index in [0.29, 0.717) is 12.2 Å². The lowest BCUT2D eigenvalue weighted by atomic mass is 10.2. The van der Waals surface area contributed by atoms with Gasteiger partial charge in [-0.1, -0.05) is 12.1 Å². The van der Waals surface area contributed by atoms with Crippen LogP contribution in [0.25, 0.3) is 0 Å². The third kappa shape index (κ3) is 4.09. The lowest BCUT2D eigenvalue weighted by molar-refractivity contribution is 0.0982. The van der Waals surface area contributed by atoms with Crippen molar-refractivity contribution in [2.75, 3.05) is 12.0 Å². The first-order chi connectivity index (χ1) is 7.42. The zero-order valence-electron chi connectivity index (χ0n) is 9.13. The fourth-order valence-corrected chi connectivity index (χ4v) is 1.54. The van der Waals surface area contributed by atoms with Crippen LogP contribution in [0.4, 0.5) is 0 Å². The molecule has 1 aromatic rings. The minimum atomic E-state index is -3.05. The molecule has 1 radical (unpaired) electrons. The van der Waals surface area contributed by atoms with Crippen LogP contribution in [0.15, 0.2) is 4.52 Å². The van der Waals surface area contributed by atoms with Gasteiger partial charge in [-0.15, -0.1) is 0 Å². The SMILES string of the molecule is CCc1noc(C(=O)[CH]CCS(C)(=O)=O)n1. The van der Waals surface area contributed by atoms with Crippen LogP contribution < -0.4 is 0 Å². The van der Waals surface area contributed by atoms with Crippen LogP contribution >= 0.6 is 0 Å². The van der Waals surface area contributed by atoms with Crippen LogP contribution in [-0.2, 0) is 16.3 Å². The van der Waals surface area contributed by atoms with Gasteiger partial charge in [-0.25, -0.2) is 8.42 Å². The molecule has 6 nitrogen and oxygen atoms in total. The Balaban J connectivity index is 2.47. The fourth-order valence-electron chi connectivity index (χ4n) is 0.989. The monoisotopic (exact) mass is 245 g/mol. The molecule has 0 aliphatic heterocycles. The highest BCUT2D eigenvalue weighted by atomic mass is 32.2. The van der Waals surface area contributed by atoms with E-state index >= 15 is 0 Å². The van der Waals surface area contributed by atoms with Crippen molar-refractivity contribution in [1.29, 1.82) is 0 Å². The van der Waals surface area contributed by atoms with Gasteiger partial charge in [-0.05, 0) is 6.42 Å².